The number of unbranched alkanes of at least 4 members (excludes halogenated alkanes) is 7. The van der Waals surface area contributed by atoms with E-state index in [4.69, 9.17) is 15.5 Å². The summed E-state index contributed by atoms with van der Waals surface area (Å²) < 4.78 is 26.9. The number of nitrogens with one attached hydrogen (secondary N) is 5. The van der Waals surface area contributed by atoms with E-state index in [-0.39, 0.29) is 19.0 Å². The summed E-state index contributed by atoms with van der Waals surface area (Å²) in [6, 6.07) is -2.54. The predicted octanol–water partition coefficient (Wildman–Crippen LogP) is 0.606. The molecule has 0 heterocycles. The normalized spacial score (nSPS) is 14.9. The number of hydrogen-bond acceptors (Lipinski definition) is 10. The molecule has 0 aliphatic rings. The molecule has 21 heteroatoms. The zero-order chi connectivity index (χ0) is 42.1. The lowest BCUT2D eigenvalue weighted by Gasteiger charge is -2.26. The SMILES string of the molecule is CN(C)CCCCC(N)C(=O)NC(CCCC[N+](C)(C)C)C(=O)NC(CCCCN(C)C)C(=O)NCC(=O)NCCCCCCCNP(=O)(O)OP(=O)(O)O. The van der Waals surface area contributed by atoms with Gasteiger partial charge in [-0.3, -0.25) is 19.2 Å². The number of nitrogens with two attached hydrogens (primary N) is 1. The Bertz CT molecular complexity index is 1220. The van der Waals surface area contributed by atoms with Gasteiger partial charge in [-0.05, 0) is 105 Å². The fourth-order valence-electron chi connectivity index (χ4n) is 5.48. The van der Waals surface area contributed by atoms with Crippen LogP contribution in [-0.4, -0.2) is 159 Å². The first-order valence-electron chi connectivity index (χ1n) is 19.4. The van der Waals surface area contributed by atoms with Crippen LogP contribution in [0.1, 0.15) is 89.9 Å². The predicted molar refractivity (Wildman–Crippen MR) is 213 cm³/mol. The number of amides is 4. The first-order valence-corrected chi connectivity index (χ1v) is 22.5. The van der Waals surface area contributed by atoms with E-state index in [0.29, 0.717) is 57.9 Å². The van der Waals surface area contributed by atoms with Crippen LogP contribution >= 0.6 is 15.6 Å². The van der Waals surface area contributed by atoms with Gasteiger partial charge < -0.3 is 56.0 Å². The Morgan fingerprint density at radius 3 is 1.69 bits per heavy atom. The van der Waals surface area contributed by atoms with Gasteiger partial charge in [-0.1, -0.05) is 25.7 Å². The van der Waals surface area contributed by atoms with Gasteiger partial charge in [0.05, 0.1) is 40.3 Å². The summed E-state index contributed by atoms with van der Waals surface area (Å²) in [5, 5.41) is 13.2. The summed E-state index contributed by atoms with van der Waals surface area (Å²) in [6.07, 6.45) is 9.16. The van der Waals surface area contributed by atoms with E-state index >= 15 is 0 Å². The van der Waals surface area contributed by atoms with Crippen molar-refractivity contribution in [3.05, 3.63) is 0 Å². The van der Waals surface area contributed by atoms with Crippen molar-refractivity contribution in [1.29, 1.82) is 0 Å². The molecule has 4 amide bonds. The third kappa shape index (κ3) is 31.7. The van der Waals surface area contributed by atoms with Crippen LogP contribution in [0.3, 0.4) is 0 Å². The Labute approximate surface area is 329 Å². The summed E-state index contributed by atoms with van der Waals surface area (Å²) in [5.41, 5.74) is 6.21. The number of quaternary nitrogens is 1. The molecule has 0 aliphatic carbocycles. The third-order valence-electron chi connectivity index (χ3n) is 8.52. The van der Waals surface area contributed by atoms with Gasteiger partial charge in [0, 0.05) is 13.1 Å². The lowest BCUT2D eigenvalue weighted by molar-refractivity contribution is -0.870. The van der Waals surface area contributed by atoms with E-state index in [0.717, 1.165) is 62.6 Å². The van der Waals surface area contributed by atoms with Crippen LogP contribution in [0.2, 0.25) is 0 Å². The highest BCUT2D eigenvalue weighted by atomic mass is 31.3. The Hall–Kier alpha value is -2.02. The molecule has 0 bridgehead atoms. The Balaban J connectivity index is 5.14. The van der Waals surface area contributed by atoms with Crippen molar-refractivity contribution in [2.75, 3.05) is 88.6 Å². The average molecular weight is 831 g/mol. The summed E-state index contributed by atoms with van der Waals surface area (Å²) in [7, 11) is 4.46. The van der Waals surface area contributed by atoms with Crippen molar-refractivity contribution in [1.82, 2.24) is 36.2 Å². The van der Waals surface area contributed by atoms with Crippen LogP contribution in [-0.2, 0) is 32.6 Å². The molecule has 0 aromatic carbocycles. The van der Waals surface area contributed by atoms with Gasteiger partial charge in [0.25, 0.3) is 0 Å². The zero-order valence-electron chi connectivity index (χ0n) is 34.4. The van der Waals surface area contributed by atoms with Crippen LogP contribution in [0.25, 0.3) is 0 Å². The van der Waals surface area contributed by atoms with Crippen LogP contribution in [0.5, 0.6) is 0 Å². The van der Waals surface area contributed by atoms with Gasteiger partial charge in [0.15, 0.2) is 0 Å². The Kier molecular flexibility index (Phi) is 27.3. The molecule has 0 radical (unpaired) electrons. The highest BCUT2D eigenvalue weighted by molar-refractivity contribution is 7.62. The molecule has 55 heavy (non-hydrogen) atoms. The van der Waals surface area contributed by atoms with Crippen LogP contribution in [0.4, 0.5) is 0 Å². The van der Waals surface area contributed by atoms with Gasteiger partial charge in [0.2, 0.25) is 23.6 Å². The highest BCUT2D eigenvalue weighted by Gasteiger charge is 2.30. The van der Waals surface area contributed by atoms with Gasteiger partial charge in [0.1, 0.15) is 12.1 Å². The Morgan fingerprint density at radius 2 is 1.15 bits per heavy atom. The first-order chi connectivity index (χ1) is 25.5. The monoisotopic (exact) mass is 831 g/mol. The van der Waals surface area contributed by atoms with Crippen molar-refractivity contribution < 1.29 is 51.8 Å². The average Bonchev–Trinajstić information content (AvgIpc) is 3.05. The van der Waals surface area contributed by atoms with Crippen molar-refractivity contribution in [3.63, 3.8) is 0 Å². The van der Waals surface area contributed by atoms with E-state index in [9.17, 15) is 33.2 Å². The number of carbonyl (C=O) groups is 4. The first kappa shape index (κ1) is 53.0. The molecule has 324 valence electrons. The summed E-state index contributed by atoms with van der Waals surface area (Å²) in [4.78, 5) is 83.5. The topological polar surface area (TPSA) is 265 Å². The lowest BCUT2D eigenvalue weighted by Crippen LogP contribution is -2.56. The quantitative estimate of drug-likeness (QED) is 0.0249. The molecule has 4 unspecified atom stereocenters. The third-order valence-corrected chi connectivity index (χ3v) is 10.9. The number of phosphoric acid groups is 1. The minimum Gasteiger partial charge on any atom is -0.355 e. The number of hydrogen-bond donors (Lipinski definition) is 9. The van der Waals surface area contributed by atoms with Crippen LogP contribution in [0.15, 0.2) is 0 Å². The fraction of sp³-hybridized carbons (Fsp3) is 0.882. The maximum atomic E-state index is 13.7. The van der Waals surface area contributed by atoms with Crippen molar-refractivity contribution in [2.45, 2.75) is 108 Å². The minimum absolute atomic E-state index is 0.0269. The molecule has 0 aliphatic heterocycles. The van der Waals surface area contributed by atoms with E-state index in [2.05, 4.69) is 56.7 Å². The number of nitrogens with zero attached hydrogens (tertiary/aromatic N) is 3. The highest BCUT2D eigenvalue weighted by Crippen LogP contribution is 2.54. The second-order valence-electron chi connectivity index (χ2n) is 15.7. The molecule has 10 N–H and O–H groups in total. The maximum Gasteiger partial charge on any atom is 0.477 e. The molecule has 0 saturated heterocycles. The molecule has 0 aromatic heterocycles. The molecule has 0 aromatic rings. The summed E-state index contributed by atoms with van der Waals surface area (Å²) in [6.45, 7) is 2.70. The molecular weight excluding hydrogens is 756 g/mol. The molecule has 0 spiro atoms. The van der Waals surface area contributed by atoms with Crippen molar-refractivity contribution in [3.8, 4) is 0 Å². The standard InChI is InChI=1S/C34H73N9O10P2/c1-41(2)24-16-11-19-28(35)32(45)39-30(21-13-18-26-43(5,6)7)34(47)40-29(20-12-17-25-42(3)4)33(46)37-27-31(44)36-22-14-9-8-10-15-23-38-54(48,49)53-55(50,51)52/h28-30H,8-27,35H2,1-7H3,(H7-,36,37,38,39,40,44,45,46,47,48,49,50,51,52)/p+1. The molecule has 19 nitrogen and oxygen atoms in total. The second kappa shape index (κ2) is 28.4. The van der Waals surface area contributed by atoms with E-state index in [1.807, 2.05) is 33.1 Å². The number of carbonyl (C=O) groups excluding carboxylic acids is 4. The lowest BCUT2D eigenvalue weighted by atomic mass is 10.0. The summed E-state index contributed by atoms with van der Waals surface area (Å²) in [5.74, 6) is -1.75. The van der Waals surface area contributed by atoms with E-state index in [1.54, 1.807) is 0 Å². The molecule has 4 atom stereocenters. The van der Waals surface area contributed by atoms with Gasteiger partial charge >= 0.3 is 15.6 Å². The van der Waals surface area contributed by atoms with E-state index < -0.39 is 51.4 Å². The number of rotatable bonds is 33. The van der Waals surface area contributed by atoms with Gasteiger partial charge in [-0.25, -0.2) is 14.2 Å². The van der Waals surface area contributed by atoms with Gasteiger partial charge in [-0.2, -0.15) is 4.31 Å². The van der Waals surface area contributed by atoms with Crippen LogP contribution in [0, 0.1) is 0 Å². The minimum atomic E-state index is -5.09. The van der Waals surface area contributed by atoms with Gasteiger partial charge in [-0.15, -0.1) is 0 Å². The summed E-state index contributed by atoms with van der Waals surface area (Å²) >= 11 is 0. The van der Waals surface area contributed by atoms with Crippen molar-refractivity contribution >= 4 is 39.2 Å². The smallest absolute Gasteiger partial charge is 0.355 e. The molecule has 0 fully saturated rings. The zero-order valence-corrected chi connectivity index (χ0v) is 36.2. The molecular formula is C34H74N9O10P2+. The van der Waals surface area contributed by atoms with E-state index in [1.165, 1.54) is 0 Å². The maximum absolute atomic E-state index is 13.7. The second-order valence-corrected chi connectivity index (χ2v) is 18.7. The molecule has 0 rings (SSSR count). The largest absolute Gasteiger partial charge is 0.477 e. The molecule has 0 saturated carbocycles. The fourth-order valence-corrected chi connectivity index (χ4v) is 7.30. The Morgan fingerprint density at radius 1 is 0.655 bits per heavy atom. The van der Waals surface area contributed by atoms with Crippen LogP contribution < -0.4 is 32.1 Å². The van der Waals surface area contributed by atoms with Crippen molar-refractivity contribution in [2.24, 2.45) is 5.73 Å².